The maximum atomic E-state index is 12.1. The Balaban J connectivity index is 1.75. The van der Waals surface area contributed by atoms with Crippen LogP contribution >= 0.6 is 0 Å². The molecule has 1 atom stereocenters. The topological polar surface area (TPSA) is 72.9 Å². The molecule has 2 aliphatic rings. The lowest BCUT2D eigenvalue weighted by molar-refractivity contribution is -0.146. The van der Waals surface area contributed by atoms with E-state index in [4.69, 9.17) is 5.11 Å². The minimum atomic E-state index is -0.817. The number of urea groups is 1. The Hall–Kier alpha value is -1.30. The molecule has 2 rings (SSSR count). The van der Waals surface area contributed by atoms with Gasteiger partial charge < -0.3 is 20.2 Å². The molecule has 0 aliphatic carbocycles. The number of likely N-dealkylation sites (tertiary alicyclic amines) is 2. The molecule has 20 heavy (non-hydrogen) atoms. The smallest absolute Gasteiger partial charge is 0.317 e. The van der Waals surface area contributed by atoms with Gasteiger partial charge in [-0.25, -0.2) is 4.79 Å². The number of carbonyl (C=O) groups excluding carboxylic acids is 1. The zero-order chi connectivity index (χ0) is 14.8. The molecule has 0 radical (unpaired) electrons. The molecule has 2 aliphatic heterocycles. The van der Waals surface area contributed by atoms with Crippen LogP contribution in [0.4, 0.5) is 4.79 Å². The zero-order valence-electron chi connectivity index (χ0n) is 12.4. The van der Waals surface area contributed by atoms with Crippen molar-refractivity contribution in [3.63, 3.8) is 0 Å². The largest absolute Gasteiger partial charge is 0.481 e. The Kier molecular flexibility index (Phi) is 4.52. The average Bonchev–Trinajstić information content (AvgIpc) is 2.82. The van der Waals surface area contributed by atoms with E-state index in [0.717, 1.165) is 25.9 Å². The SMILES string of the molecule is CN1CCC(CNC(=O)N2CCC(C)(C(=O)O)C2)CC1. The Morgan fingerprint density at radius 3 is 2.50 bits per heavy atom. The minimum Gasteiger partial charge on any atom is -0.481 e. The van der Waals surface area contributed by atoms with E-state index in [1.165, 1.54) is 0 Å². The summed E-state index contributed by atoms with van der Waals surface area (Å²) in [5, 5.41) is 12.1. The number of hydrogen-bond acceptors (Lipinski definition) is 3. The number of nitrogens with zero attached hydrogens (tertiary/aromatic N) is 2. The van der Waals surface area contributed by atoms with Gasteiger partial charge in [0.1, 0.15) is 0 Å². The Morgan fingerprint density at radius 2 is 1.95 bits per heavy atom. The molecule has 0 aromatic carbocycles. The molecule has 2 amide bonds. The normalized spacial score (nSPS) is 28.6. The number of amides is 2. The fourth-order valence-electron chi connectivity index (χ4n) is 2.92. The second-order valence-corrected chi connectivity index (χ2v) is 6.47. The first-order valence-electron chi connectivity index (χ1n) is 7.35. The molecule has 0 bridgehead atoms. The van der Waals surface area contributed by atoms with Crippen LogP contribution in [0.1, 0.15) is 26.2 Å². The van der Waals surface area contributed by atoms with Crippen molar-refractivity contribution < 1.29 is 14.7 Å². The highest BCUT2D eigenvalue weighted by Gasteiger charge is 2.42. The number of rotatable bonds is 3. The fourth-order valence-corrected chi connectivity index (χ4v) is 2.92. The van der Waals surface area contributed by atoms with Crippen molar-refractivity contribution in [2.75, 3.05) is 39.8 Å². The number of carboxylic acid groups (broad SMARTS) is 1. The van der Waals surface area contributed by atoms with Crippen molar-refractivity contribution in [3.8, 4) is 0 Å². The monoisotopic (exact) mass is 283 g/mol. The van der Waals surface area contributed by atoms with E-state index >= 15 is 0 Å². The van der Waals surface area contributed by atoms with Gasteiger partial charge in [0.2, 0.25) is 0 Å². The van der Waals surface area contributed by atoms with Crippen LogP contribution in [0.2, 0.25) is 0 Å². The van der Waals surface area contributed by atoms with E-state index in [1.807, 2.05) is 0 Å². The lowest BCUT2D eigenvalue weighted by Gasteiger charge is -2.29. The summed E-state index contributed by atoms with van der Waals surface area (Å²) in [6, 6.07) is -0.117. The molecule has 2 fully saturated rings. The van der Waals surface area contributed by atoms with Crippen molar-refractivity contribution in [3.05, 3.63) is 0 Å². The first kappa shape index (κ1) is 15.1. The lowest BCUT2D eigenvalue weighted by atomic mass is 9.90. The molecule has 0 saturated carbocycles. The van der Waals surface area contributed by atoms with Crippen molar-refractivity contribution >= 4 is 12.0 Å². The van der Waals surface area contributed by atoms with Crippen molar-refractivity contribution in [2.24, 2.45) is 11.3 Å². The zero-order valence-corrected chi connectivity index (χ0v) is 12.4. The van der Waals surface area contributed by atoms with Crippen LogP contribution in [0.5, 0.6) is 0 Å². The van der Waals surface area contributed by atoms with Gasteiger partial charge in [-0.05, 0) is 52.2 Å². The third-order valence-corrected chi connectivity index (χ3v) is 4.66. The van der Waals surface area contributed by atoms with Gasteiger partial charge in [0, 0.05) is 19.6 Å². The molecule has 2 heterocycles. The number of nitrogens with one attached hydrogen (secondary N) is 1. The molecule has 114 valence electrons. The van der Waals surface area contributed by atoms with Crippen LogP contribution in [0.25, 0.3) is 0 Å². The van der Waals surface area contributed by atoms with Crippen LogP contribution < -0.4 is 5.32 Å². The predicted molar refractivity (Wildman–Crippen MR) is 75.6 cm³/mol. The lowest BCUT2D eigenvalue weighted by Crippen LogP contribution is -2.43. The fraction of sp³-hybridized carbons (Fsp3) is 0.857. The van der Waals surface area contributed by atoms with E-state index in [1.54, 1.807) is 11.8 Å². The van der Waals surface area contributed by atoms with Crippen molar-refractivity contribution in [1.29, 1.82) is 0 Å². The molecule has 0 aromatic rings. The Morgan fingerprint density at radius 1 is 1.30 bits per heavy atom. The maximum absolute atomic E-state index is 12.1. The van der Waals surface area contributed by atoms with Crippen LogP contribution in [0, 0.1) is 11.3 Å². The number of carboxylic acids is 1. The molecular formula is C14H25N3O3. The molecule has 1 unspecified atom stereocenters. The Bertz CT molecular complexity index is 380. The summed E-state index contributed by atoms with van der Waals surface area (Å²) >= 11 is 0. The quantitative estimate of drug-likeness (QED) is 0.805. The van der Waals surface area contributed by atoms with Crippen LogP contribution in [0.3, 0.4) is 0 Å². The van der Waals surface area contributed by atoms with E-state index in [0.29, 0.717) is 32.0 Å². The van der Waals surface area contributed by atoms with E-state index in [-0.39, 0.29) is 6.03 Å². The van der Waals surface area contributed by atoms with Crippen molar-refractivity contribution in [2.45, 2.75) is 26.2 Å². The third kappa shape index (κ3) is 3.42. The van der Waals surface area contributed by atoms with Gasteiger partial charge >= 0.3 is 12.0 Å². The number of piperidine rings is 1. The number of aliphatic carboxylic acids is 1. The summed E-state index contributed by atoms with van der Waals surface area (Å²) in [6.45, 7) is 5.42. The van der Waals surface area contributed by atoms with Gasteiger partial charge in [0.25, 0.3) is 0 Å². The van der Waals surface area contributed by atoms with Gasteiger partial charge in [-0.15, -0.1) is 0 Å². The summed E-state index contributed by atoms with van der Waals surface area (Å²) in [5.74, 6) is -0.272. The summed E-state index contributed by atoms with van der Waals surface area (Å²) in [4.78, 5) is 27.2. The van der Waals surface area contributed by atoms with Crippen LogP contribution in [0.15, 0.2) is 0 Å². The maximum Gasteiger partial charge on any atom is 0.317 e. The molecule has 0 spiro atoms. The highest BCUT2D eigenvalue weighted by Crippen LogP contribution is 2.30. The van der Waals surface area contributed by atoms with Gasteiger partial charge in [-0.2, -0.15) is 0 Å². The third-order valence-electron chi connectivity index (χ3n) is 4.66. The molecule has 6 nitrogen and oxygen atoms in total. The second-order valence-electron chi connectivity index (χ2n) is 6.47. The Labute approximate surface area is 120 Å². The molecule has 2 saturated heterocycles. The number of carbonyl (C=O) groups is 2. The number of hydrogen-bond donors (Lipinski definition) is 2. The standard InChI is InChI=1S/C14H25N3O3/c1-14(12(18)19)5-8-17(10-14)13(20)15-9-11-3-6-16(2)7-4-11/h11H,3-10H2,1-2H3,(H,15,20)(H,18,19). The summed E-state index contributed by atoms with van der Waals surface area (Å²) in [7, 11) is 2.12. The van der Waals surface area contributed by atoms with Gasteiger partial charge in [0.05, 0.1) is 5.41 Å². The summed E-state index contributed by atoms with van der Waals surface area (Å²) < 4.78 is 0. The van der Waals surface area contributed by atoms with Gasteiger partial charge in [-0.1, -0.05) is 0 Å². The first-order valence-corrected chi connectivity index (χ1v) is 7.35. The molecule has 6 heteroatoms. The van der Waals surface area contributed by atoms with E-state index in [2.05, 4.69) is 17.3 Å². The van der Waals surface area contributed by atoms with Crippen LogP contribution in [-0.2, 0) is 4.79 Å². The highest BCUT2D eigenvalue weighted by atomic mass is 16.4. The minimum absolute atomic E-state index is 0.117. The van der Waals surface area contributed by atoms with Crippen LogP contribution in [-0.4, -0.2) is 66.7 Å². The van der Waals surface area contributed by atoms with Crippen molar-refractivity contribution in [1.82, 2.24) is 15.1 Å². The first-order chi connectivity index (χ1) is 9.40. The van der Waals surface area contributed by atoms with Gasteiger partial charge in [0.15, 0.2) is 0 Å². The molecule has 0 aromatic heterocycles. The molecular weight excluding hydrogens is 258 g/mol. The van der Waals surface area contributed by atoms with E-state index < -0.39 is 11.4 Å². The highest BCUT2D eigenvalue weighted by molar-refractivity contribution is 5.79. The second kappa shape index (κ2) is 5.99. The molecule has 2 N–H and O–H groups in total. The predicted octanol–water partition coefficient (Wildman–Crippen LogP) is 0.834. The van der Waals surface area contributed by atoms with E-state index in [9.17, 15) is 9.59 Å². The van der Waals surface area contributed by atoms with Gasteiger partial charge in [-0.3, -0.25) is 4.79 Å². The summed E-state index contributed by atoms with van der Waals surface area (Å²) in [6.07, 6.45) is 2.76. The summed E-state index contributed by atoms with van der Waals surface area (Å²) in [5.41, 5.74) is -0.787. The average molecular weight is 283 g/mol.